The molecular formula is C15H32N2. The molecule has 2 heteroatoms. The van der Waals surface area contributed by atoms with E-state index in [0.29, 0.717) is 6.04 Å². The predicted molar refractivity (Wildman–Crippen MR) is 76.4 cm³/mol. The Balaban J connectivity index is 1.99. The molecule has 1 saturated heterocycles. The van der Waals surface area contributed by atoms with Gasteiger partial charge < -0.3 is 10.2 Å². The van der Waals surface area contributed by atoms with Crippen molar-refractivity contribution in [1.82, 2.24) is 10.2 Å². The summed E-state index contributed by atoms with van der Waals surface area (Å²) in [6.07, 6.45) is 6.85. The number of rotatable bonds is 7. The minimum atomic E-state index is 0.698. The summed E-state index contributed by atoms with van der Waals surface area (Å²) in [6.45, 7) is 10.8. The average Bonchev–Trinajstić information content (AvgIpc) is 2.29. The fraction of sp³-hybridized carbons (Fsp3) is 1.00. The molecule has 0 saturated carbocycles. The van der Waals surface area contributed by atoms with Crippen LogP contribution in [0.15, 0.2) is 0 Å². The molecule has 0 aliphatic carbocycles. The second kappa shape index (κ2) is 8.10. The summed E-state index contributed by atoms with van der Waals surface area (Å²) in [4.78, 5) is 2.45. The van der Waals surface area contributed by atoms with Crippen LogP contribution in [-0.2, 0) is 0 Å². The van der Waals surface area contributed by atoms with E-state index in [1.165, 1.54) is 51.7 Å². The molecule has 0 aromatic carbocycles. The third-order valence-corrected chi connectivity index (χ3v) is 4.06. The van der Waals surface area contributed by atoms with E-state index in [4.69, 9.17) is 0 Å². The van der Waals surface area contributed by atoms with Crippen LogP contribution in [0.25, 0.3) is 0 Å². The van der Waals surface area contributed by atoms with E-state index in [1.54, 1.807) is 0 Å². The Labute approximate surface area is 108 Å². The van der Waals surface area contributed by atoms with Gasteiger partial charge in [-0.1, -0.05) is 13.8 Å². The van der Waals surface area contributed by atoms with Gasteiger partial charge in [0.25, 0.3) is 0 Å². The fourth-order valence-corrected chi connectivity index (χ4v) is 2.57. The molecule has 1 aliphatic rings. The van der Waals surface area contributed by atoms with E-state index < -0.39 is 0 Å². The molecular weight excluding hydrogens is 208 g/mol. The maximum Gasteiger partial charge on any atom is 0.00388 e. The summed E-state index contributed by atoms with van der Waals surface area (Å²) in [5, 5.41) is 3.68. The summed E-state index contributed by atoms with van der Waals surface area (Å²) in [7, 11) is 2.24. The molecule has 2 nitrogen and oxygen atoms in total. The normalized spacial score (nSPS) is 21.0. The largest absolute Gasteiger partial charge is 0.314 e. The molecule has 102 valence electrons. The van der Waals surface area contributed by atoms with Gasteiger partial charge in [-0.3, -0.25) is 0 Å². The van der Waals surface area contributed by atoms with Crippen molar-refractivity contribution >= 4 is 0 Å². The lowest BCUT2D eigenvalue weighted by Crippen LogP contribution is -2.33. The number of hydrogen-bond donors (Lipinski definition) is 1. The first-order chi connectivity index (χ1) is 8.08. The summed E-state index contributed by atoms with van der Waals surface area (Å²) in [6, 6.07) is 0.698. The SMILES string of the molecule is CC(C)CCC(C)NCCC1CCN(C)CC1. The van der Waals surface area contributed by atoms with Crippen LogP contribution < -0.4 is 5.32 Å². The van der Waals surface area contributed by atoms with Crippen molar-refractivity contribution < 1.29 is 0 Å². The molecule has 1 heterocycles. The number of nitrogens with zero attached hydrogens (tertiary/aromatic N) is 1. The molecule has 0 bridgehead atoms. The third kappa shape index (κ3) is 7.05. The highest BCUT2D eigenvalue weighted by atomic mass is 15.1. The predicted octanol–water partition coefficient (Wildman–Crippen LogP) is 3.13. The molecule has 1 aliphatic heterocycles. The smallest absolute Gasteiger partial charge is 0.00388 e. The Morgan fingerprint density at radius 1 is 1.12 bits per heavy atom. The van der Waals surface area contributed by atoms with E-state index in [9.17, 15) is 0 Å². The quantitative estimate of drug-likeness (QED) is 0.735. The Bertz CT molecular complexity index is 183. The van der Waals surface area contributed by atoms with Gasteiger partial charge >= 0.3 is 0 Å². The van der Waals surface area contributed by atoms with Gasteiger partial charge in [0.1, 0.15) is 0 Å². The maximum atomic E-state index is 3.68. The Kier molecular flexibility index (Phi) is 7.14. The summed E-state index contributed by atoms with van der Waals surface area (Å²) in [5.74, 6) is 1.81. The lowest BCUT2D eigenvalue weighted by atomic mass is 9.93. The van der Waals surface area contributed by atoms with E-state index >= 15 is 0 Å². The molecule has 1 N–H and O–H groups in total. The third-order valence-electron chi connectivity index (χ3n) is 4.06. The number of likely N-dealkylation sites (tertiary alicyclic amines) is 1. The van der Waals surface area contributed by atoms with Gasteiger partial charge in [-0.25, -0.2) is 0 Å². The molecule has 1 unspecified atom stereocenters. The second-order valence-corrected chi connectivity index (χ2v) is 6.36. The first kappa shape index (κ1) is 15.0. The van der Waals surface area contributed by atoms with Crippen LogP contribution in [-0.4, -0.2) is 37.6 Å². The Morgan fingerprint density at radius 2 is 1.76 bits per heavy atom. The molecule has 0 radical (unpaired) electrons. The van der Waals surface area contributed by atoms with Gasteiger partial charge in [-0.15, -0.1) is 0 Å². The summed E-state index contributed by atoms with van der Waals surface area (Å²) in [5.41, 5.74) is 0. The molecule has 1 fully saturated rings. The summed E-state index contributed by atoms with van der Waals surface area (Å²) < 4.78 is 0. The second-order valence-electron chi connectivity index (χ2n) is 6.36. The van der Waals surface area contributed by atoms with Crippen LogP contribution in [0.2, 0.25) is 0 Å². The standard InChI is InChI=1S/C15H32N2/c1-13(2)5-6-14(3)16-10-7-15-8-11-17(4)12-9-15/h13-16H,5-12H2,1-4H3. The van der Waals surface area contributed by atoms with Gasteiger partial charge in [0.05, 0.1) is 0 Å². The van der Waals surface area contributed by atoms with Gasteiger partial charge in [-0.2, -0.15) is 0 Å². The zero-order valence-corrected chi connectivity index (χ0v) is 12.3. The molecule has 0 spiro atoms. The van der Waals surface area contributed by atoms with Crippen molar-refractivity contribution in [3.05, 3.63) is 0 Å². The van der Waals surface area contributed by atoms with Gasteiger partial charge in [0, 0.05) is 6.04 Å². The van der Waals surface area contributed by atoms with Crippen molar-refractivity contribution in [2.75, 3.05) is 26.7 Å². The minimum absolute atomic E-state index is 0.698. The summed E-state index contributed by atoms with van der Waals surface area (Å²) >= 11 is 0. The highest BCUT2D eigenvalue weighted by Gasteiger charge is 2.16. The van der Waals surface area contributed by atoms with E-state index in [0.717, 1.165) is 11.8 Å². The average molecular weight is 240 g/mol. The first-order valence-electron chi connectivity index (χ1n) is 7.50. The molecule has 0 aromatic heterocycles. The van der Waals surface area contributed by atoms with Crippen molar-refractivity contribution in [3.63, 3.8) is 0 Å². The Morgan fingerprint density at radius 3 is 2.35 bits per heavy atom. The Hall–Kier alpha value is -0.0800. The molecule has 17 heavy (non-hydrogen) atoms. The number of nitrogens with one attached hydrogen (secondary N) is 1. The van der Waals surface area contributed by atoms with Crippen LogP contribution in [0.1, 0.15) is 52.9 Å². The van der Waals surface area contributed by atoms with Crippen LogP contribution >= 0.6 is 0 Å². The molecule has 0 amide bonds. The highest BCUT2D eigenvalue weighted by molar-refractivity contribution is 4.71. The lowest BCUT2D eigenvalue weighted by molar-refractivity contribution is 0.210. The van der Waals surface area contributed by atoms with Crippen molar-refractivity contribution in [2.24, 2.45) is 11.8 Å². The lowest BCUT2D eigenvalue weighted by Gasteiger charge is -2.29. The number of hydrogen-bond acceptors (Lipinski definition) is 2. The zero-order valence-electron chi connectivity index (χ0n) is 12.3. The maximum absolute atomic E-state index is 3.68. The van der Waals surface area contributed by atoms with Crippen LogP contribution in [0.3, 0.4) is 0 Å². The molecule has 0 aromatic rings. The molecule has 1 atom stereocenters. The van der Waals surface area contributed by atoms with Crippen LogP contribution in [0.4, 0.5) is 0 Å². The topological polar surface area (TPSA) is 15.3 Å². The molecule has 1 rings (SSSR count). The van der Waals surface area contributed by atoms with Crippen LogP contribution in [0, 0.1) is 11.8 Å². The van der Waals surface area contributed by atoms with Crippen molar-refractivity contribution in [2.45, 2.75) is 58.9 Å². The van der Waals surface area contributed by atoms with E-state index in [2.05, 4.69) is 38.0 Å². The zero-order chi connectivity index (χ0) is 12.7. The van der Waals surface area contributed by atoms with Gasteiger partial charge in [0.2, 0.25) is 0 Å². The first-order valence-corrected chi connectivity index (χ1v) is 7.50. The van der Waals surface area contributed by atoms with Crippen molar-refractivity contribution in [3.8, 4) is 0 Å². The van der Waals surface area contributed by atoms with Crippen LogP contribution in [0.5, 0.6) is 0 Å². The fourth-order valence-electron chi connectivity index (χ4n) is 2.57. The van der Waals surface area contributed by atoms with E-state index in [1.807, 2.05) is 0 Å². The van der Waals surface area contributed by atoms with Gasteiger partial charge in [0.15, 0.2) is 0 Å². The highest BCUT2D eigenvalue weighted by Crippen LogP contribution is 2.18. The van der Waals surface area contributed by atoms with Gasteiger partial charge in [-0.05, 0) is 77.5 Å². The monoisotopic (exact) mass is 240 g/mol. The number of piperidine rings is 1. The van der Waals surface area contributed by atoms with E-state index in [-0.39, 0.29) is 0 Å². The minimum Gasteiger partial charge on any atom is -0.314 e. The van der Waals surface area contributed by atoms with Crippen molar-refractivity contribution in [1.29, 1.82) is 0 Å².